The molecule has 1 aliphatic carbocycles. The van der Waals surface area contributed by atoms with Crippen LogP contribution in [-0.2, 0) is 0 Å². The predicted molar refractivity (Wildman–Crippen MR) is 152 cm³/mol. The molecule has 1 saturated carbocycles. The smallest absolute Gasteiger partial charge is 0.167 e. The molecule has 3 aromatic rings. The minimum atomic E-state index is -1.01. The molecule has 4 rings (SSSR count). The SMILES string of the molecule is CC.CN.Cc1ccc(C(CN)c2ccccc2)cc1-c1c(C=O)ccc(F)c1F.NC1CCCCC1. The second-order valence-corrected chi connectivity index (χ2v) is 8.61. The van der Waals surface area contributed by atoms with E-state index in [0.717, 1.165) is 22.8 Å². The highest BCUT2D eigenvalue weighted by Gasteiger charge is 2.19. The van der Waals surface area contributed by atoms with Gasteiger partial charge in [-0.2, -0.15) is 0 Å². The van der Waals surface area contributed by atoms with Gasteiger partial charge in [-0.3, -0.25) is 4.79 Å². The Bertz CT molecular complexity index is 1070. The summed E-state index contributed by atoms with van der Waals surface area (Å²) in [4.78, 5) is 11.4. The fourth-order valence-corrected chi connectivity index (χ4v) is 4.35. The molecule has 0 radical (unpaired) electrons. The number of aldehydes is 1. The zero-order valence-electron chi connectivity index (χ0n) is 22.6. The Hall–Kier alpha value is -2.93. The topological polar surface area (TPSA) is 95.1 Å². The van der Waals surface area contributed by atoms with Crippen molar-refractivity contribution in [1.29, 1.82) is 0 Å². The van der Waals surface area contributed by atoms with E-state index in [-0.39, 0.29) is 17.0 Å². The van der Waals surface area contributed by atoms with Gasteiger partial charge in [0.05, 0.1) is 0 Å². The van der Waals surface area contributed by atoms with Crippen LogP contribution in [0.2, 0.25) is 0 Å². The van der Waals surface area contributed by atoms with Crippen molar-refractivity contribution in [3.05, 3.63) is 94.6 Å². The molecule has 1 aliphatic rings. The van der Waals surface area contributed by atoms with Crippen LogP contribution in [0.25, 0.3) is 11.1 Å². The van der Waals surface area contributed by atoms with Crippen LogP contribution in [-0.4, -0.2) is 25.9 Å². The molecule has 6 N–H and O–H groups in total. The highest BCUT2D eigenvalue weighted by atomic mass is 19.2. The maximum atomic E-state index is 14.5. The summed E-state index contributed by atoms with van der Waals surface area (Å²) in [6.07, 6.45) is 7.21. The number of hydrogen-bond donors (Lipinski definition) is 3. The van der Waals surface area contributed by atoms with Crippen LogP contribution in [0, 0.1) is 18.6 Å². The molecule has 202 valence electrons. The predicted octanol–water partition coefficient (Wildman–Crippen LogP) is 6.72. The molecule has 0 bridgehead atoms. The van der Waals surface area contributed by atoms with Gasteiger partial charge in [0.15, 0.2) is 17.9 Å². The van der Waals surface area contributed by atoms with Gasteiger partial charge in [-0.15, -0.1) is 0 Å². The van der Waals surface area contributed by atoms with Gasteiger partial charge in [0, 0.05) is 29.6 Å². The summed E-state index contributed by atoms with van der Waals surface area (Å²) in [6.45, 7) is 6.18. The average Bonchev–Trinajstić information content (AvgIpc) is 2.95. The largest absolute Gasteiger partial charge is 0.333 e. The summed E-state index contributed by atoms with van der Waals surface area (Å²) in [5.74, 6) is -2.07. The summed E-state index contributed by atoms with van der Waals surface area (Å²) < 4.78 is 28.3. The standard InChI is InChI=1S/C22H19F2NO.C6H13N.C2H6.CH5N/c1-14-7-8-16(19(12-25)15-5-3-2-4-6-15)11-18(14)21-17(13-26)9-10-20(23)22(21)24;7-6-4-2-1-3-5-6;2*1-2/h2-11,13,19H,12,25H2,1H3;6H,1-5,7H2;1-2H3;2H2,1H3. The van der Waals surface area contributed by atoms with E-state index in [1.165, 1.54) is 45.2 Å². The van der Waals surface area contributed by atoms with Crippen LogP contribution >= 0.6 is 0 Å². The first-order valence-electron chi connectivity index (χ1n) is 13.1. The molecular weight excluding hydrogens is 468 g/mol. The number of benzene rings is 3. The lowest BCUT2D eigenvalue weighted by Gasteiger charge is -2.19. The zero-order chi connectivity index (χ0) is 27.8. The summed E-state index contributed by atoms with van der Waals surface area (Å²) >= 11 is 0. The molecule has 6 heteroatoms. The van der Waals surface area contributed by atoms with Crippen LogP contribution in [0.15, 0.2) is 60.7 Å². The zero-order valence-corrected chi connectivity index (χ0v) is 22.6. The van der Waals surface area contributed by atoms with Crippen molar-refractivity contribution in [1.82, 2.24) is 0 Å². The molecule has 4 nitrogen and oxygen atoms in total. The highest BCUT2D eigenvalue weighted by molar-refractivity contribution is 5.89. The summed E-state index contributed by atoms with van der Waals surface area (Å²) in [6, 6.07) is 18.1. The number of nitrogens with two attached hydrogens (primary N) is 3. The molecule has 1 fully saturated rings. The van der Waals surface area contributed by atoms with Gasteiger partial charge in [0.2, 0.25) is 0 Å². The Morgan fingerprint density at radius 1 is 0.919 bits per heavy atom. The molecule has 0 saturated heterocycles. The van der Waals surface area contributed by atoms with Gasteiger partial charge in [0.25, 0.3) is 0 Å². The molecule has 0 heterocycles. The molecule has 1 unspecified atom stereocenters. The van der Waals surface area contributed by atoms with Crippen LogP contribution in [0.4, 0.5) is 8.78 Å². The van der Waals surface area contributed by atoms with Crippen LogP contribution in [0.5, 0.6) is 0 Å². The van der Waals surface area contributed by atoms with E-state index in [2.05, 4.69) is 5.73 Å². The normalized spacial score (nSPS) is 13.5. The van der Waals surface area contributed by atoms with Crippen molar-refractivity contribution in [3.63, 3.8) is 0 Å². The number of rotatable bonds is 5. The number of hydrogen-bond acceptors (Lipinski definition) is 4. The Morgan fingerprint density at radius 3 is 2.05 bits per heavy atom. The minimum Gasteiger partial charge on any atom is -0.333 e. The van der Waals surface area contributed by atoms with Gasteiger partial charge in [-0.25, -0.2) is 8.78 Å². The van der Waals surface area contributed by atoms with Crippen molar-refractivity contribution >= 4 is 6.29 Å². The number of aryl methyl sites for hydroxylation is 1. The Morgan fingerprint density at radius 2 is 1.54 bits per heavy atom. The van der Waals surface area contributed by atoms with Crippen LogP contribution < -0.4 is 17.2 Å². The summed E-state index contributed by atoms with van der Waals surface area (Å²) in [7, 11) is 1.50. The van der Waals surface area contributed by atoms with Crippen LogP contribution in [0.1, 0.15) is 78.9 Å². The van der Waals surface area contributed by atoms with E-state index in [4.69, 9.17) is 11.5 Å². The molecular formula is C31H43F2N3O. The van der Waals surface area contributed by atoms with Gasteiger partial charge < -0.3 is 17.2 Å². The third kappa shape index (κ3) is 9.15. The van der Waals surface area contributed by atoms with Crippen molar-refractivity contribution in [2.75, 3.05) is 13.6 Å². The average molecular weight is 512 g/mol. The first-order valence-corrected chi connectivity index (χ1v) is 13.1. The lowest BCUT2D eigenvalue weighted by molar-refractivity contribution is 0.112. The molecule has 1 atom stereocenters. The quantitative estimate of drug-likeness (QED) is 0.331. The minimum absolute atomic E-state index is 0.0109. The van der Waals surface area contributed by atoms with Crippen molar-refractivity contribution < 1.29 is 13.6 Å². The van der Waals surface area contributed by atoms with Gasteiger partial charge >= 0.3 is 0 Å². The molecule has 37 heavy (non-hydrogen) atoms. The van der Waals surface area contributed by atoms with E-state index < -0.39 is 11.6 Å². The van der Waals surface area contributed by atoms with Crippen molar-refractivity contribution in [2.45, 2.75) is 64.8 Å². The highest BCUT2D eigenvalue weighted by Crippen LogP contribution is 2.34. The molecule has 0 spiro atoms. The summed E-state index contributed by atoms with van der Waals surface area (Å²) in [5, 5.41) is 0. The van der Waals surface area contributed by atoms with Crippen molar-refractivity contribution in [2.24, 2.45) is 17.2 Å². The van der Waals surface area contributed by atoms with E-state index >= 15 is 0 Å². The monoisotopic (exact) mass is 511 g/mol. The molecule has 0 amide bonds. The first-order chi connectivity index (χ1) is 18.0. The van der Waals surface area contributed by atoms with Crippen molar-refractivity contribution in [3.8, 4) is 11.1 Å². The van der Waals surface area contributed by atoms with E-state index in [9.17, 15) is 13.6 Å². The first kappa shape index (κ1) is 32.1. The van der Waals surface area contributed by atoms with E-state index in [1.807, 2.05) is 56.3 Å². The Kier molecular flexibility index (Phi) is 15.2. The fraction of sp³-hybridized carbons (Fsp3) is 0.387. The number of halogens is 2. The molecule has 0 aliphatic heterocycles. The lowest BCUT2D eigenvalue weighted by Crippen LogP contribution is -2.22. The van der Waals surface area contributed by atoms with Crippen LogP contribution in [0.3, 0.4) is 0 Å². The second kappa shape index (κ2) is 17.5. The van der Waals surface area contributed by atoms with E-state index in [1.54, 1.807) is 13.0 Å². The molecule has 3 aromatic carbocycles. The molecule has 0 aromatic heterocycles. The Labute approximate surface area is 221 Å². The van der Waals surface area contributed by atoms with E-state index in [0.29, 0.717) is 24.4 Å². The summed E-state index contributed by atoms with van der Waals surface area (Å²) in [5.41, 5.74) is 19.4. The lowest BCUT2D eigenvalue weighted by atomic mass is 9.87. The number of carbonyl (C=O) groups is 1. The van der Waals surface area contributed by atoms with Gasteiger partial charge in [-0.1, -0.05) is 81.6 Å². The number of carbonyl (C=O) groups excluding carboxylic acids is 1. The third-order valence-corrected chi connectivity index (χ3v) is 6.27. The Balaban J connectivity index is 0.000000525. The maximum absolute atomic E-state index is 14.5. The maximum Gasteiger partial charge on any atom is 0.167 e. The van der Waals surface area contributed by atoms with Gasteiger partial charge in [0.1, 0.15) is 0 Å². The third-order valence-electron chi connectivity index (χ3n) is 6.27. The fourth-order valence-electron chi connectivity index (χ4n) is 4.35. The second-order valence-electron chi connectivity index (χ2n) is 8.61. The van der Waals surface area contributed by atoms with Gasteiger partial charge in [-0.05, 0) is 61.2 Å².